The average molecular weight is 172 g/mol. The summed E-state index contributed by atoms with van der Waals surface area (Å²) in [6.07, 6.45) is 0. The van der Waals surface area contributed by atoms with E-state index in [0.717, 1.165) is 13.8 Å². The van der Waals surface area contributed by atoms with Gasteiger partial charge in [-0.2, -0.15) is 0 Å². The molecule has 12 heavy (non-hydrogen) atoms. The highest BCUT2D eigenvalue weighted by Crippen LogP contribution is 1.75. The Bertz CT molecular complexity index is 195. The molecule has 0 bridgehead atoms. The summed E-state index contributed by atoms with van der Waals surface area (Å²) in [5.41, 5.74) is 0. The lowest BCUT2D eigenvalue weighted by Gasteiger charge is -1.81. The van der Waals surface area contributed by atoms with E-state index >= 15 is 0 Å². The third kappa shape index (κ3) is 11.5. The Morgan fingerprint density at radius 3 is 0.833 bits per heavy atom. The van der Waals surface area contributed by atoms with Gasteiger partial charge in [0.25, 0.3) is 5.78 Å². The molecule has 0 fully saturated rings. The van der Waals surface area contributed by atoms with E-state index in [1.807, 2.05) is 0 Å². The molecule has 0 aromatic carbocycles. The molecule has 0 amide bonds. The molecular weight excluding hydrogens is 160 g/mol. The van der Waals surface area contributed by atoms with Gasteiger partial charge in [-0.15, -0.1) is 0 Å². The molecule has 0 aliphatic rings. The number of Topliss-reactive ketones (excluding diaryl/α,β-unsaturated/α-hetero) is 4. The Kier molecular flexibility index (Phi) is 7.08. The van der Waals surface area contributed by atoms with Gasteiger partial charge in [0, 0.05) is 13.8 Å². The molecule has 4 nitrogen and oxygen atoms in total. The maximum atomic E-state index is 10.1. The molecule has 0 aromatic rings. The summed E-state index contributed by atoms with van der Waals surface area (Å²) < 4.78 is 0. The van der Waals surface area contributed by atoms with E-state index in [2.05, 4.69) is 0 Å². The zero-order chi connectivity index (χ0) is 10.3. The first-order chi connectivity index (χ1) is 5.29. The summed E-state index contributed by atoms with van der Waals surface area (Å²) >= 11 is 0. The molecule has 4 heteroatoms. The van der Waals surface area contributed by atoms with E-state index < -0.39 is 17.3 Å². The van der Waals surface area contributed by atoms with Crippen molar-refractivity contribution in [2.45, 2.75) is 27.7 Å². The van der Waals surface area contributed by atoms with Crippen molar-refractivity contribution in [2.75, 3.05) is 0 Å². The maximum Gasteiger partial charge on any atom is 0.263 e. The molecule has 0 radical (unpaired) electrons. The van der Waals surface area contributed by atoms with Crippen LogP contribution in [0.25, 0.3) is 0 Å². The van der Waals surface area contributed by atoms with Gasteiger partial charge in [-0.1, -0.05) is 0 Å². The van der Waals surface area contributed by atoms with Crippen molar-refractivity contribution in [1.29, 1.82) is 0 Å². The number of hydrogen-bond acceptors (Lipinski definition) is 4. The lowest BCUT2D eigenvalue weighted by atomic mass is 10.2. The molecule has 0 aliphatic heterocycles. The minimum Gasteiger partial charge on any atom is -0.300 e. The first-order valence-electron chi connectivity index (χ1n) is 3.32. The van der Waals surface area contributed by atoms with Gasteiger partial charge in [-0.3, -0.25) is 14.4 Å². The highest BCUT2D eigenvalue weighted by atomic mass is 16.2. The SMILES string of the molecule is CC(=O)C(=O)C(C)=O.CC(C)=O. The quantitative estimate of drug-likeness (QED) is 0.444. The highest BCUT2D eigenvalue weighted by molar-refractivity contribution is 6.62. The molecule has 0 heterocycles. The lowest BCUT2D eigenvalue weighted by molar-refractivity contribution is -0.142. The van der Waals surface area contributed by atoms with Gasteiger partial charge in [0.1, 0.15) is 5.78 Å². The second-order valence-electron chi connectivity index (χ2n) is 2.35. The first kappa shape index (κ1) is 13.3. The van der Waals surface area contributed by atoms with Crippen molar-refractivity contribution < 1.29 is 19.2 Å². The molecule has 0 saturated carbocycles. The van der Waals surface area contributed by atoms with Crippen LogP contribution in [0.4, 0.5) is 0 Å². The van der Waals surface area contributed by atoms with Crippen LogP contribution in [0.5, 0.6) is 0 Å². The topological polar surface area (TPSA) is 68.3 Å². The van der Waals surface area contributed by atoms with Crippen LogP contribution in [-0.4, -0.2) is 23.1 Å². The van der Waals surface area contributed by atoms with E-state index in [4.69, 9.17) is 0 Å². The standard InChI is InChI=1S/C5H6O3.C3H6O/c1-3(6)5(8)4(2)7;1-3(2)4/h1-2H3;1-2H3. The summed E-state index contributed by atoms with van der Waals surface area (Å²) in [5, 5.41) is 0. The van der Waals surface area contributed by atoms with Gasteiger partial charge in [0.05, 0.1) is 0 Å². The number of carbonyl (C=O) groups excluding carboxylic acids is 4. The molecule has 0 rings (SSSR count). The summed E-state index contributed by atoms with van der Waals surface area (Å²) in [6, 6.07) is 0. The number of hydrogen-bond donors (Lipinski definition) is 0. The van der Waals surface area contributed by atoms with Gasteiger partial charge in [-0.25, -0.2) is 0 Å². The molecule has 0 saturated heterocycles. The van der Waals surface area contributed by atoms with Crippen molar-refractivity contribution >= 4 is 23.1 Å². The van der Waals surface area contributed by atoms with Crippen LogP contribution in [0.1, 0.15) is 27.7 Å². The fraction of sp³-hybridized carbons (Fsp3) is 0.500. The first-order valence-corrected chi connectivity index (χ1v) is 3.32. The molecule has 0 aliphatic carbocycles. The third-order valence-electron chi connectivity index (χ3n) is 0.640. The van der Waals surface area contributed by atoms with Crippen molar-refractivity contribution in [1.82, 2.24) is 0 Å². The van der Waals surface area contributed by atoms with Crippen LogP contribution in [0.15, 0.2) is 0 Å². The van der Waals surface area contributed by atoms with Crippen molar-refractivity contribution in [2.24, 2.45) is 0 Å². The molecule has 0 atom stereocenters. The van der Waals surface area contributed by atoms with Gasteiger partial charge in [0.15, 0.2) is 0 Å². The van der Waals surface area contributed by atoms with Crippen LogP contribution < -0.4 is 0 Å². The van der Waals surface area contributed by atoms with Crippen LogP contribution in [0.3, 0.4) is 0 Å². The smallest absolute Gasteiger partial charge is 0.263 e. The van der Waals surface area contributed by atoms with E-state index in [9.17, 15) is 19.2 Å². The average Bonchev–Trinajstić information content (AvgIpc) is 1.84. The lowest BCUT2D eigenvalue weighted by Crippen LogP contribution is -2.17. The molecule has 0 unspecified atom stereocenters. The zero-order valence-electron chi connectivity index (χ0n) is 7.63. The summed E-state index contributed by atoms with van der Waals surface area (Å²) in [5.74, 6) is -2.15. The van der Waals surface area contributed by atoms with Crippen LogP contribution in [-0.2, 0) is 19.2 Å². The minimum atomic E-state index is -0.926. The normalized spacial score (nSPS) is 7.67. The summed E-state index contributed by atoms with van der Waals surface area (Å²) in [7, 11) is 0. The van der Waals surface area contributed by atoms with Crippen molar-refractivity contribution in [3.8, 4) is 0 Å². The Hall–Kier alpha value is -1.32. The van der Waals surface area contributed by atoms with Crippen molar-refractivity contribution in [3.63, 3.8) is 0 Å². The Balaban J connectivity index is 0. The molecular formula is C8H12O4. The fourth-order valence-corrected chi connectivity index (χ4v) is 0.248. The molecule has 0 spiro atoms. The highest BCUT2D eigenvalue weighted by Gasteiger charge is 2.11. The Morgan fingerprint density at radius 2 is 0.833 bits per heavy atom. The Labute approximate surface area is 70.9 Å². The van der Waals surface area contributed by atoms with Crippen LogP contribution in [0.2, 0.25) is 0 Å². The minimum absolute atomic E-state index is 0.167. The Morgan fingerprint density at radius 1 is 0.667 bits per heavy atom. The summed E-state index contributed by atoms with van der Waals surface area (Å²) in [4.78, 5) is 39.6. The fourth-order valence-electron chi connectivity index (χ4n) is 0.248. The largest absolute Gasteiger partial charge is 0.300 e. The predicted octanol–water partition coefficient (Wildman–Crippen LogP) is 0.329. The van der Waals surface area contributed by atoms with E-state index in [1.165, 1.54) is 13.8 Å². The van der Waals surface area contributed by atoms with Crippen LogP contribution in [0, 0.1) is 0 Å². The van der Waals surface area contributed by atoms with E-state index in [1.54, 1.807) is 0 Å². The summed E-state index contributed by atoms with van der Waals surface area (Å²) in [6.45, 7) is 5.20. The second kappa shape index (κ2) is 6.39. The van der Waals surface area contributed by atoms with Gasteiger partial charge < -0.3 is 4.79 Å². The predicted molar refractivity (Wildman–Crippen MR) is 42.7 cm³/mol. The van der Waals surface area contributed by atoms with Gasteiger partial charge >= 0.3 is 0 Å². The van der Waals surface area contributed by atoms with Crippen LogP contribution >= 0.6 is 0 Å². The van der Waals surface area contributed by atoms with E-state index in [0.29, 0.717) is 0 Å². The maximum absolute atomic E-state index is 10.1. The number of carbonyl (C=O) groups is 4. The monoisotopic (exact) mass is 172 g/mol. The number of ketones is 4. The van der Waals surface area contributed by atoms with Crippen molar-refractivity contribution in [3.05, 3.63) is 0 Å². The number of rotatable bonds is 2. The van der Waals surface area contributed by atoms with Gasteiger partial charge in [-0.05, 0) is 13.8 Å². The molecule has 0 N–H and O–H groups in total. The van der Waals surface area contributed by atoms with E-state index in [-0.39, 0.29) is 5.78 Å². The molecule has 0 aromatic heterocycles. The molecule has 68 valence electrons. The zero-order valence-corrected chi connectivity index (χ0v) is 7.63. The third-order valence-corrected chi connectivity index (χ3v) is 0.640. The van der Waals surface area contributed by atoms with Gasteiger partial charge in [0.2, 0.25) is 11.6 Å². The second-order valence-corrected chi connectivity index (χ2v) is 2.35.